The normalized spacial score (nSPS) is 23.9. The first-order valence-corrected chi connectivity index (χ1v) is 10.7. The first kappa shape index (κ1) is 20.6. The molecule has 7 heteroatoms. The van der Waals surface area contributed by atoms with Crippen molar-refractivity contribution in [2.75, 3.05) is 5.43 Å². The van der Waals surface area contributed by atoms with E-state index in [2.05, 4.69) is 5.43 Å². The van der Waals surface area contributed by atoms with E-state index < -0.39 is 16.8 Å². The van der Waals surface area contributed by atoms with Crippen LogP contribution in [0.3, 0.4) is 0 Å². The number of rotatable bonds is 5. The summed E-state index contributed by atoms with van der Waals surface area (Å²) in [5.41, 5.74) is 5.22. The average Bonchev–Trinajstić information content (AvgIpc) is 3.10. The van der Waals surface area contributed by atoms with Crippen LogP contribution in [0.2, 0.25) is 0 Å². The van der Waals surface area contributed by atoms with Crippen molar-refractivity contribution in [2.24, 2.45) is 11.8 Å². The lowest BCUT2D eigenvalue weighted by molar-refractivity contribution is -0.384. The van der Waals surface area contributed by atoms with Gasteiger partial charge >= 0.3 is 0 Å². The van der Waals surface area contributed by atoms with Crippen molar-refractivity contribution >= 4 is 23.2 Å². The van der Waals surface area contributed by atoms with Crippen molar-refractivity contribution in [1.82, 2.24) is 5.01 Å². The first-order valence-electron chi connectivity index (χ1n) is 10.7. The molecule has 1 aliphatic heterocycles. The van der Waals surface area contributed by atoms with Crippen LogP contribution in [-0.2, 0) is 9.59 Å². The molecule has 1 saturated heterocycles. The minimum absolute atomic E-state index is 0.0641. The zero-order chi connectivity index (χ0) is 22.9. The number of hydrazine groups is 1. The molecule has 33 heavy (non-hydrogen) atoms. The van der Waals surface area contributed by atoms with E-state index in [1.54, 1.807) is 0 Å². The second-order valence-corrected chi connectivity index (χ2v) is 8.24. The zero-order valence-corrected chi connectivity index (χ0v) is 17.6. The lowest BCUT2D eigenvalue weighted by Crippen LogP contribution is -2.37. The van der Waals surface area contributed by atoms with E-state index in [4.69, 9.17) is 0 Å². The summed E-state index contributed by atoms with van der Waals surface area (Å²) < 4.78 is 0. The number of nitro groups is 1. The molecule has 2 amide bonds. The van der Waals surface area contributed by atoms with Gasteiger partial charge in [-0.05, 0) is 23.3 Å². The number of imide groups is 1. The molecular formula is C26H21N3O4. The van der Waals surface area contributed by atoms with Crippen LogP contribution >= 0.6 is 0 Å². The number of carbonyl (C=O) groups excluding carboxylic acids is 2. The molecular weight excluding hydrogens is 418 g/mol. The Labute approximate surface area is 190 Å². The second-order valence-electron chi connectivity index (χ2n) is 8.24. The lowest BCUT2D eigenvalue weighted by atomic mass is 9.68. The lowest BCUT2D eigenvalue weighted by Gasteiger charge is -2.32. The predicted octanol–water partition coefficient (Wildman–Crippen LogP) is 4.66. The minimum atomic E-state index is -0.555. The van der Waals surface area contributed by atoms with E-state index >= 15 is 0 Å². The van der Waals surface area contributed by atoms with Gasteiger partial charge in [-0.2, -0.15) is 5.01 Å². The molecule has 0 radical (unpaired) electrons. The number of amides is 2. The number of non-ortho nitro benzene ring substituents is 1. The molecule has 1 N–H and O–H groups in total. The van der Waals surface area contributed by atoms with Crippen LogP contribution in [0, 0.1) is 22.0 Å². The Kier molecular flexibility index (Phi) is 5.22. The van der Waals surface area contributed by atoms with Gasteiger partial charge in [0.25, 0.3) is 17.5 Å². The molecule has 4 atom stereocenters. The summed E-state index contributed by atoms with van der Waals surface area (Å²) in [6, 6.07) is 25.1. The predicted molar refractivity (Wildman–Crippen MR) is 123 cm³/mol. The number of benzene rings is 3. The number of anilines is 1. The highest BCUT2D eigenvalue weighted by atomic mass is 16.6. The van der Waals surface area contributed by atoms with Gasteiger partial charge in [0.15, 0.2) is 0 Å². The van der Waals surface area contributed by atoms with Gasteiger partial charge in [-0.15, -0.1) is 0 Å². The molecule has 0 saturated carbocycles. The summed E-state index contributed by atoms with van der Waals surface area (Å²) in [4.78, 5) is 37.6. The third-order valence-electron chi connectivity index (χ3n) is 6.39. The average molecular weight is 439 g/mol. The number of allylic oxidation sites excluding steroid dienone is 2. The number of hydrogen-bond donors (Lipinski definition) is 1. The first-order chi connectivity index (χ1) is 16.0. The summed E-state index contributed by atoms with van der Waals surface area (Å²) in [6.45, 7) is 0. The van der Waals surface area contributed by atoms with Gasteiger partial charge < -0.3 is 0 Å². The third-order valence-corrected chi connectivity index (χ3v) is 6.39. The molecule has 2 aliphatic rings. The molecule has 5 rings (SSSR count). The highest BCUT2D eigenvalue weighted by Crippen LogP contribution is 2.49. The quantitative estimate of drug-likeness (QED) is 0.270. The van der Waals surface area contributed by atoms with Crippen molar-refractivity contribution in [2.45, 2.75) is 11.8 Å². The Morgan fingerprint density at radius 3 is 1.58 bits per heavy atom. The van der Waals surface area contributed by atoms with Crippen molar-refractivity contribution in [3.63, 3.8) is 0 Å². The Balaban J connectivity index is 1.52. The Morgan fingerprint density at radius 2 is 1.15 bits per heavy atom. The number of nitrogens with zero attached hydrogens (tertiary/aromatic N) is 2. The van der Waals surface area contributed by atoms with Gasteiger partial charge in [0, 0.05) is 24.0 Å². The summed E-state index contributed by atoms with van der Waals surface area (Å²) in [7, 11) is 0. The molecule has 0 spiro atoms. The SMILES string of the molecule is O=C1[C@@H]2[C@H](C(=O)N1Nc1ccc([N+](=O)[O-])cc1)[C@H](c1ccccc1)C=C[C@@H]2c1ccccc1. The van der Waals surface area contributed by atoms with E-state index in [0.717, 1.165) is 16.1 Å². The number of nitro benzene ring substituents is 1. The Hall–Kier alpha value is -4.26. The molecule has 7 nitrogen and oxygen atoms in total. The fourth-order valence-electron chi connectivity index (χ4n) is 4.83. The number of fused-ring (bicyclic) bond motifs is 1. The van der Waals surface area contributed by atoms with Crippen LogP contribution in [0.25, 0.3) is 0 Å². The van der Waals surface area contributed by atoms with E-state index in [1.807, 2.05) is 72.8 Å². The molecule has 3 aromatic rings. The molecule has 0 aromatic heterocycles. The molecule has 164 valence electrons. The van der Waals surface area contributed by atoms with Crippen molar-refractivity contribution in [3.05, 3.63) is 118 Å². The highest BCUT2D eigenvalue weighted by molar-refractivity contribution is 6.07. The smallest absolute Gasteiger partial charge is 0.269 e. The molecule has 3 aromatic carbocycles. The standard InChI is InChI=1S/C26H21N3O4/c30-25-23-21(17-7-3-1-4-8-17)15-16-22(18-9-5-2-6-10-18)24(23)26(31)28(25)27-19-11-13-20(14-12-19)29(32)33/h1-16,21-24,27H/t21-,22+,23+,24-. The van der Waals surface area contributed by atoms with Gasteiger partial charge in [-0.3, -0.25) is 25.1 Å². The fraction of sp³-hybridized carbons (Fsp3) is 0.154. The fourth-order valence-corrected chi connectivity index (χ4v) is 4.83. The summed E-state index contributed by atoms with van der Waals surface area (Å²) in [6.07, 6.45) is 4.07. The van der Waals surface area contributed by atoms with Crippen LogP contribution in [0.4, 0.5) is 11.4 Å². The largest absolute Gasteiger partial charge is 0.289 e. The van der Waals surface area contributed by atoms with Crippen molar-refractivity contribution < 1.29 is 14.5 Å². The molecule has 1 heterocycles. The van der Waals surface area contributed by atoms with Crippen LogP contribution in [0.5, 0.6) is 0 Å². The Morgan fingerprint density at radius 1 is 0.697 bits per heavy atom. The number of hydrogen-bond acceptors (Lipinski definition) is 5. The third kappa shape index (κ3) is 3.67. The number of nitrogens with one attached hydrogen (secondary N) is 1. The summed E-state index contributed by atoms with van der Waals surface area (Å²) >= 11 is 0. The van der Waals surface area contributed by atoms with Gasteiger partial charge in [0.1, 0.15) is 0 Å². The summed E-state index contributed by atoms with van der Waals surface area (Å²) in [5, 5.41) is 12.0. The van der Waals surface area contributed by atoms with E-state index in [-0.39, 0.29) is 29.3 Å². The monoisotopic (exact) mass is 439 g/mol. The Bertz CT molecular complexity index is 1160. The summed E-state index contributed by atoms with van der Waals surface area (Å²) in [5.74, 6) is -2.17. The van der Waals surface area contributed by atoms with Crippen molar-refractivity contribution in [1.29, 1.82) is 0 Å². The van der Waals surface area contributed by atoms with E-state index in [0.29, 0.717) is 5.69 Å². The van der Waals surface area contributed by atoms with Gasteiger partial charge in [-0.25, -0.2) is 0 Å². The molecule has 0 bridgehead atoms. The topological polar surface area (TPSA) is 92.6 Å². The number of carbonyl (C=O) groups is 2. The molecule has 1 fully saturated rings. The molecule has 0 unspecified atom stereocenters. The van der Waals surface area contributed by atoms with Crippen LogP contribution in [0.15, 0.2) is 97.1 Å². The maximum absolute atomic E-state index is 13.6. The van der Waals surface area contributed by atoms with Gasteiger partial charge in [0.2, 0.25) is 0 Å². The minimum Gasteiger partial charge on any atom is -0.289 e. The van der Waals surface area contributed by atoms with E-state index in [1.165, 1.54) is 24.3 Å². The van der Waals surface area contributed by atoms with E-state index in [9.17, 15) is 19.7 Å². The maximum Gasteiger partial charge on any atom is 0.269 e. The highest BCUT2D eigenvalue weighted by Gasteiger charge is 2.55. The maximum atomic E-state index is 13.6. The van der Waals surface area contributed by atoms with Crippen LogP contribution < -0.4 is 5.43 Å². The molecule has 1 aliphatic carbocycles. The van der Waals surface area contributed by atoms with Crippen molar-refractivity contribution in [3.8, 4) is 0 Å². The zero-order valence-electron chi connectivity index (χ0n) is 17.6. The van der Waals surface area contributed by atoms with Gasteiger partial charge in [0.05, 0.1) is 22.4 Å². The van der Waals surface area contributed by atoms with Gasteiger partial charge in [-0.1, -0.05) is 72.8 Å². The van der Waals surface area contributed by atoms with Crippen LogP contribution in [0.1, 0.15) is 23.0 Å². The second kappa shape index (κ2) is 8.35. The van der Waals surface area contributed by atoms with Crippen LogP contribution in [-0.4, -0.2) is 21.7 Å².